The largest absolute Gasteiger partial charge is 0.496 e. The number of hydrogen-bond donors (Lipinski definition) is 3. The molecule has 10 heteroatoms. The van der Waals surface area contributed by atoms with Gasteiger partial charge in [0, 0.05) is 12.6 Å². The maximum Gasteiger partial charge on any atom is 0.260 e. The number of carbonyl (C=O) groups is 1. The van der Waals surface area contributed by atoms with Gasteiger partial charge in [-0.3, -0.25) is 4.79 Å². The molecule has 0 bridgehead atoms. The molecule has 0 saturated carbocycles. The van der Waals surface area contributed by atoms with Crippen LogP contribution in [0.3, 0.4) is 0 Å². The van der Waals surface area contributed by atoms with Crippen LogP contribution in [0.4, 0.5) is 10.2 Å². The van der Waals surface area contributed by atoms with Crippen molar-refractivity contribution in [1.82, 2.24) is 15.0 Å². The van der Waals surface area contributed by atoms with Gasteiger partial charge in [-0.1, -0.05) is 0 Å². The van der Waals surface area contributed by atoms with Crippen LogP contribution >= 0.6 is 0 Å². The van der Waals surface area contributed by atoms with Gasteiger partial charge in [0.15, 0.2) is 0 Å². The summed E-state index contributed by atoms with van der Waals surface area (Å²) in [6, 6.07) is 6.35. The lowest BCUT2D eigenvalue weighted by molar-refractivity contribution is 0.102. The second-order valence-corrected chi connectivity index (χ2v) is 8.10. The van der Waals surface area contributed by atoms with Crippen molar-refractivity contribution in [3.8, 4) is 5.75 Å². The van der Waals surface area contributed by atoms with Gasteiger partial charge >= 0.3 is 0 Å². The summed E-state index contributed by atoms with van der Waals surface area (Å²) >= 11 is 0. The van der Waals surface area contributed by atoms with Crippen LogP contribution in [0.2, 0.25) is 0 Å². The predicted molar refractivity (Wildman–Crippen MR) is 101 cm³/mol. The van der Waals surface area contributed by atoms with Gasteiger partial charge in [0.05, 0.1) is 23.3 Å². The summed E-state index contributed by atoms with van der Waals surface area (Å²) in [5.74, 6) is -0.752. The molecule has 1 unspecified atom stereocenters. The minimum atomic E-state index is -3.80. The maximum absolute atomic E-state index is 13.4. The molecule has 0 spiro atoms. The Morgan fingerprint density at radius 3 is 2.75 bits per heavy atom. The summed E-state index contributed by atoms with van der Waals surface area (Å²) in [7, 11) is -2.42. The SMILES string of the molecule is COc1ccc(S(=O)(=O)NC2CCNC2)cc1C(=O)Nc1ccc(F)c(C)n1. The smallest absolute Gasteiger partial charge is 0.260 e. The van der Waals surface area contributed by atoms with E-state index in [-0.39, 0.29) is 33.8 Å². The molecule has 8 nitrogen and oxygen atoms in total. The van der Waals surface area contributed by atoms with E-state index < -0.39 is 21.7 Å². The summed E-state index contributed by atoms with van der Waals surface area (Å²) < 4.78 is 46.4. The first-order valence-corrected chi connectivity index (χ1v) is 10.1. The maximum atomic E-state index is 13.4. The van der Waals surface area contributed by atoms with Gasteiger partial charge in [-0.15, -0.1) is 0 Å². The summed E-state index contributed by atoms with van der Waals surface area (Å²) in [5, 5.41) is 5.62. The Bertz CT molecular complexity index is 991. The highest BCUT2D eigenvalue weighted by Gasteiger charge is 2.25. The number of nitrogens with one attached hydrogen (secondary N) is 3. The molecule has 1 fully saturated rings. The van der Waals surface area contributed by atoms with Crippen LogP contribution < -0.4 is 20.1 Å². The fourth-order valence-corrected chi connectivity index (χ4v) is 4.17. The summed E-state index contributed by atoms with van der Waals surface area (Å²) in [6.45, 7) is 2.77. The lowest BCUT2D eigenvalue weighted by Gasteiger charge is -2.14. The molecule has 150 valence electrons. The van der Waals surface area contributed by atoms with E-state index in [1.54, 1.807) is 0 Å². The van der Waals surface area contributed by atoms with Crippen molar-refractivity contribution in [3.63, 3.8) is 0 Å². The van der Waals surface area contributed by atoms with E-state index in [9.17, 15) is 17.6 Å². The Hall–Kier alpha value is -2.56. The molecule has 1 aliphatic heterocycles. The van der Waals surface area contributed by atoms with Gasteiger partial charge in [-0.25, -0.2) is 22.5 Å². The number of pyridine rings is 1. The third-order valence-corrected chi connectivity index (χ3v) is 5.89. The molecule has 0 aliphatic carbocycles. The van der Waals surface area contributed by atoms with Crippen LogP contribution in [-0.4, -0.2) is 45.6 Å². The first-order chi connectivity index (χ1) is 13.3. The lowest BCUT2D eigenvalue weighted by atomic mass is 10.2. The van der Waals surface area contributed by atoms with Crippen molar-refractivity contribution in [2.75, 3.05) is 25.5 Å². The molecule has 1 atom stereocenters. The minimum Gasteiger partial charge on any atom is -0.496 e. The van der Waals surface area contributed by atoms with Gasteiger partial charge in [-0.2, -0.15) is 0 Å². The molecule has 1 aromatic carbocycles. The number of amides is 1. The predicted octanol–water partition coefficient (Wildman–Crippen LogP) is 1.43. The number of methoxy groups -OCH3 is 1. The lowest BCUT2D eigenvalue weighted by Crippen LogP contribution is -2.36. The number of hydrogen-bond acceptors (Lipinski definition) is 6. The number of sulfonamides is 1. The number of halogens is 1. The summed E-state index contributed by atoms with van der Waals surface area (Å²) in [5.41, 5.74) is 0.161. The molecule has 2 heterocycles. The molecule has 28 heavy (non-hydrogen) atoms. The highest BCUT2D eigenvalue weighted by Crippen LogP contribution is 2.24. The number of benzene rings is 1. The second-order valence-electron chi connectivity index (χ2n) is 6.39. The highest BCUT2D eigenvalue weighted by molar-refractivity contribution is 7.89. The van der Waals surface area contributed by atoms with Crippen molar-refractivity contribution < 1.29 is 22.3 Å². The number of anilines is 1. The normalized spacial score (nSPS) is 16.8. The molecular formula is C18H21FN4O4S. The van der Waals surface area contributed by atoms with Crippen LogP contribution in [-0.2, 0) is 10.0 Å². The van der Waals surface area contributed by atoms with Crippen molar-refractivity contribution >= 4 is 21.7 Å². The number of ether oxygens (including phenoxy) is 1. The Morgan fingerprint density at radius 2 is 2.11 bits per heavy atom. The molecule has 3 N–H and O–H groups in total. The van der Waals surface area contributed by atoms with Crippen molar-refractivity contribution in [2.24, 2.45) is 0 Å². The molecule has 0 radical (unpaired) electrons. The average Bonchev–Trinajstić information content (AvgIpc) is 3.16. The third-order valence-electron chi connectivity index (χ3n) is 4.37. The van der Waals surface area contributed by atoms with Gasteiger partial charge < -0.3 is 15.4 Å². The van der Waals surface area contributed by atoms with E-state index >= 15 is 0 Å². The average molecular weight is 408 g/mol. The van der Waals surface area contributed by atoms with Crippen molar-refractivity contribution in [2.45, 2.75) is 24.3 Å². The highest BCUT2D eigenvalue weighted by atomic mass is 32.2. The fraction of sp³-hybridized carbons (Fsp3) is 0.333. The fourth-order valence-electron chi connectivity index (χ4n) is 2.87. The zero-order valence-corrected chi connectivity index (χ0v) is 16.3. The number of aryl methyl sites for hydroxylation is 1. The molecule has 1 aromatic heterocycles. The Labute approximate surface area is 162 Å². The summed E-state index contributed by atoms with van der Waals surface area (Å²) in [6.07, 6.45) is 0.693. The van der Waals surface area contributed by atoms with E-state index in [4.69, 9.17) is 4.74 Å². The zero-order valence-electron chi connectivity index (χ0n) is 15.5. The summed E-state index contributed by atoms with van der Waals surface area (Å²) in [4.78, 5) is 16.6. The van der Waals surface area contributed by atoms with E-state index in [0.29, 0.717) is 13.0 Å². The van der Waals surface area contributed by atoms with Gasteiger partial charge in [-0.05, 0) is 50.2 Å². The van der Waals surface area contributed by atoms with E-state index in [1.165, 1.54) is 44.4 Å². The molecule has 1 saturated heterocycles. The number of carbonyl (C=O) groups excluding carboxylic acids is 1. The van der Waals surface area contributed by atoms with Crippen LogP contribution in [0.25, 0.3) is 0 Å². The molecule has 1 amide bonds. The van der Waals surface area contributed by atoms with Gasteiger partial charge in [0.2, 0.25) is 10.0 Å². The number of nitrogens with zero attached hydrogens (tertiary/aromatic N) is 1. The Morgan fingerprint density at radius 1 is 1.32 bits per heavy atom. The standard InChI is InChI=1S/C18H21FN4O4S/c1-11-15(19)4-6-17(21-11)22-18(24)14-9-13(3-5-16(14)27-2)28(25,26)23-12-7-8-20-10-12/h3-6,9,12,20,23H,7-8,10H2,1-2H3,(H,21,22,24). The first kappa shape index (κ1) is 20.2. The van der Waals surface area contributed by atoms with E-state index in [2.05, 4.69) is 20.3 Å². The van der Waals surface area contributed by atoms with Gasteiger partial charge in [0.25, 0.3) is 5.91 Å². The van der Waals surface area contributed by atoms with Crippen LogP contribution in [0.15, 0.2) is 35.2 Å². The first-order valence-electron chi connectivity index (χ1n) is 8.66. The van der Waals surface area contributed by atoms with Crippen molar-refractivity contribution in [3.05, 3.63) is 47.4 Å². The Balaban J connectivity index is 1.87. The van der Waals surface area contributed by atoms with E-state index in [0.717, 1.165) is 6.54 Å². The molecule has 2 aromatic rings. The van der Waals surface area contributed by atoms with Crippen molar-refractivity contribution in [1.29, 1.82) is 0 Å². The van der Waals surface area contributed by atoms with Crippen LogP contribution in [0.1, 0.15) is 22.5 Å². The number of aromatic nitrogens is 1. The quantitative estimate of drug-likeness (QED) is 0.667. The Kier molecular flexibility index (Phi) is 5.92. The second kappa shape index (κ2) is 8.21. The minimum absolute atomic E-state index is 0.0266. The number of rotatable bonds is 6. The van der Waals surface area contributed by atoms with Gasteiger partial charge in [0.1, 0.15) is 17.4 Å². The van der Waals surface area contributed by atoms with Crippen LogP contribution in [0, 0.1) is 12.7 Å². The molecule has 3 rings (SSSR count). The van der Waals surface area contributed by atoms with Crippen LogP contribution in [0.5, 0.6) is 5.75 Å². The van der Waals surface area contributed by atoms with E-state index in [1.807, 2.05) is 0 Å². The molecule has 1 aliphatic rings. The topological polar surface area (TPSA) is 109 Å². The monoisotopic (exact) mass is 408 g/mol. The third kappa shape index (κ3) is 4.46. The zero-order chi connectivity index (χ0) is 20.3. The molecular weight excluding hydrogens is 387 g/mol.